The summed E-state index contributed by atoms with van der Waals surface area (Å²) in [6.07, 6.45) is 8.93. The maximum absolute atomic E-state index is 14.8. The first kappa shape index (κ1) is 30.9. The van der Waals surface area contributed by atoms with Crippen LogP contribution in [0.1, 0.15) is 98.5 Å². The summed E-state index contributed by atoms with van der Waals surface area (Å²) in [5.74, 6) is 0.867. The summed E-state index contributed by atoms with van der Waals surface area (Å²) in [5.41, 5.74) is 5.40. The number of fused-ring (bicyclic) bond motifs is 8. The zero-order chi connectivity index (χ0) is 32.7. The summed E-state index contributed by atoms with van der Waals surface area (Å²) in [6, 6.07) is 12.4. The number of carbonyl (C=O) groups excluding carboxylic acids is 2. The van der Waals surface area contributed by atoms with Crippen LogP contribution in [0.3, 0.4) is 0 Å². The van der Waals surface area contributed by atoms with Crippen LogP contribution in [0.2, 0.25) is 0 Å². The van der Waals surface area contributed by atoms with Crippen LogP contribution in [0.5, 0.6) is 5.75 Å². The van der Waals surface area contributed by atoms with Gasteiger partial charge in [-0.25, -0.2) is 13.1 Å². The molecule has 2 aromatic carbocycles. The maximum Gasteiger partial charge on any atom is 0.264 e. The molecule has 2 saturated heterocycles. The number of aromatic nitrogens is 1. The second-order valence-corrected chi connectivity index (χ2v) is 17.1. The van der Waals surface area contributed by atoms with Crippen LogP contribution in [-0.4, -0.2) is 79.2 Å². The van der Waals surface area contributed by atoms with Crippen LogP contribution in [-0.2, 0) is 21.4 Å². The van der Waals surface area contributed by atoms with E-state index in [2.05, 4.69) is 31.2 Å². The Balaban J connectivity index is 1.30. The molecule has 9 nitrogen and oxygen atoms in total. The lowest BCUT2D eigenvalue weighted by atomic mass is 9.81. The van der Waals surface area contributed by atoms with Gasteiger partial charge in [0.25, 0.3) is 5.91 Å². The molecule has 1 N–H and O–H groups in total. The van der Waals surface area contributed by atoms with Crippen LogP contribution >= 0.6 is 0 Å². The summed E-state index contributed by atoms with van der Waals surface area (Å²) in [5, 5.41) is 0.369. The van der Waals surface area contributed by atoms with Crippen molar-refractivity contribution in [2.45, 2.75) is 94.9 Å². The fraction of sp³-hybridized carbons (Fsp3) is 0.568. The summed E-state index contributed by atoms with van der Waals surface area (Å²) < 4.78 is 35.6. The van der Waals surface area contributed by atoms with E-state index in [0.29, 0.717) is 24.1 Å². The fourth-order valence-electron chi connectivity index (χ4n) is 9.22. The predicted octanol–water partition coefficient (Wildman–Crippen LogP) is 5.63. The molecule has 10 heteroatoms. The highest BCUT2D eigenvalue weighted by Gasteiger charge is 2.64. The molecule has 250 valence electrons. The SMILES string of the molecule is COc1ccc2c(c1)C1CC1(C(=O)N1CCN3CCCC3C1)Cn1c-2c(C2CCCCC2)c2ccc(C(=O)NS(=O)(=O)C(C)C)cc21. The summed E-state index contributed by atoms with van der Waals surface area (Å²) >= 11 is 0. The number of hydrogen-bond acceptors (Lipinski definition) is 6. The molecule has 4 heterocycles. The Bertz CT molecular complexity index is 1880. The molecule has 3 aromatic rings. The lowest BCUT2D eigenvalue weighted by molar-refractivity contribution is -0.140. The third-order valence-electron chi connectivity index (χ3n) is 11.9. The van der Waals surface area contributed by atoms with Gasteiger partial charge in [-0.2, -0.15) is 0 Å². The number of ether oxygens (including phenoxy) is 1. The molecule has 3 aliphatic heterocycles. The molecule has 0 radical (unpaired) electrons. The molecule has 0 spiro atoms. The first-order valence-corrected chi connectivity index (χ1v) is 19.1. The van der Waals surface area contributed by atoms with Gasteiger partial charge in [-0.1, -0.05) is 25.3 Å². The third kappa shape index (κ3) is 5.00. The predicted molar refractivity (Wildman–Crippen MR) is 182 cm³/mol. The Hall–Kier alpha value is -3.37. The van der Waals surface area contributed by atoms with Crippen molar-refractivity contribution < 1.29 is 22.7 Å². The van der Waals surface area contributed by atoms with E-state index >= 15 is 0 Å². The van der Waals surface area contributed by atoms with Gasteiger partial charge in [0.15, 0.2) is 0 Å². The molecule has 0 bridgehead atoms. The van der Waals surface area contributed by atoms with Gasteiger partial charge in [-0.15, -0.1) is 0 Å². The van der Waals surface area contributed by atoms with Crippen LogP contribution < -0.4 is 9.46 Å². The van der Waals surface area contributed by atoms with Gasteiger partial charge in [-0.3, -0.25) is 14.5 Å². The monoisotopic (exact) mass is 658 g/mol. The Labute approximate surface area is 277 Å². The molecule has 8 rings (SSSR count). The summed E-state index contributed by atoms with van der Waals surface area (Å²) in [4.78, 5) is 32.9. The Morgan fingerprint density at radius 1 is 0.979 bits per heavy atom. The van der Waals surface area contributed by atoms with Gasteiger partial charge in [0, 0.05) is 60.2 Å². The highest BCUT2D eigenvalue weighted by Crippen LogP contribution is 2.66. The van der Waals surface area contributed by atoms with E-state index in [1.807, 2.05) is 18.2 Å². The Kier molecular flexibility index (Phi) is 7.48. The van der Waals surface area contributed by atoms with Crippen molar-refractivity contribution in [3.63, 3.8) is 0 Å². The summed E-state index contributed by atoms with van der Waals surface area (Å²) in [6.45, 7) is 7.27. The minimum Gasteiger partial charge on any atom is -0.497 e. The summed E-state index contributed by atoms with van der Waals surface area (Å²) in [7, 11) is -2.10. The molecule has 5 aliphatic rings. The van der Waals surface area contributed by atoms with Crippen molar-refractivity contribution in [3.05, 3.63) is 53.1 Å². The van der Waals surface area contributed by atoms with E-state index in [4.69, 9.17) is 4.74 Å². The minimum absolute atomic E-state index is 0.0820. The smallest absolute Gasteiger partial charge is 0.264 e. The topological polar surface area (TPSA) is 101 Å². The van der Waals surface area contributed by atoms with Crippen molar-refractivity contribution >= 4 is 32.7 Å². The normalized spacial score (nSPS) is 25.9. The largest absolute Gasteiger partial charge is 0.497 e. The number of rotatable bonds is 6. The van der Waals surface area contributed by atoms with Crippen molar-refractivity contribution in [1.82, 2.24) is 19.1 Å². The van der Waals surface area contributed by atoms with Gasteiger partial charge in [0.1, 0.15) is 5.75 Å². The highest BCUT2D eigenvalue weighted by atomic mass is 32.2. The van der Waals surface area contributed by atoms with E-state index in [0.717, 1.165) is 79.8 Å². The quantitative estimate of drug-likeness (QED) is 0.369. The van der Waals surface area contributed by atoms with Crippen LogP contribution in [0.15, 0.2) is 36.4 Å². The van der Waals surface area contributed by atoms with E-state index in [9.17, 15) is 18.0 Å². The van der Waals surface area contributed by atoms with Crippen LogP contribution in [0.4, 0.5) is 0 Å². The third-order valence-corrected chi connectivity index (χ3v) is 13.7. The van der Waals surface area contributed by atoms with Gasteiger partial charge in [-0.05, 0) is 99.9 Å². The molecule has 3 unspecified atom stereocenters. The van der Waals surface area contributed by atoms with Gasteiger partial charge in [0.2, 0.25) is 15.9 Å². The van der Waals surface area contributed by atoms with Crippen LogP contribution in [0.25, 0.3) is 22.2 Å². The van der Waals surface area contributed by atoms with Crippen LogP contribution in [0, 0.1) is 5.41 Å². The molecular weight excluding hydrogens is 612 g/mol. The number of piperazine rings is 1. The van der Waals surface area contributed by atoms with Gasteiger partial charge in [0.05, 0.1) is 23.5 Å². The van der Waals surface area contributed by atoms with E-state index in [1.165, 1.54) is 36.8 Å². The lowest BCUT2D eigenvalue weighted by Crippen LogP contribution is -2.54. The molecule has 1 aromatic heterocycles. The van der Waals surface area contributed by atoms with Crippen molar-refractivity contribution in [2.75, 3.05) is 33.3 Å². The Morgan fingerprint density at radius 2 is 1.79 bits per heavy atom. The van der Waals surface area contributed by atoms with E-state index in [-0.39, 0.29) is 11.8 Å². The molecule has 2 saturated carbocycles. The van der Waals surface area contributed by atoms with E-state index < -0.39 is 26.6 Å². The lowest BCUT2D eigenvalue weighted by Gasteiger charge is -2.39. The molecular formula is C37H46N4O5S. The van der Waals surface area contributed by atoms with Crippen molar-refractivity contribution in [1.29, 1.82) is 0 Å². The number of nitrogens with zero attached hydrogens (tertiary/aromatic N) is 3. The number of hydrogen-bond donors (Lipinski definition) is 1. The highest BCUT2D eigenvalue weighted by molar-refractivity contribution is 7.90. The molecule has 4 fully saturated rings. The molecule has 2 amide bonds. The second kappa shape index (κ2) is 11.4. The zero-order valence-electron chi connectivity index (χ0n) is 27.8. The van der Waals surface area contributed by atoms with Gasteiger partial charge < -0.3 is 14.2 Å². The minimum atomic E-state index is -3.79. The van der Waals surface area contributed by atoms with E-state index in [1.54, 1.807) is 27.0 Å². The maximum atomic E-state index is 14.8. The first-order valence-electron chi connectivity index (χ1n) is 17.5. The number of carbonyl (C=O) groups is 2. The zero-order valence-corrected chi connectivity index (χ0v) is 28.6. The number of benzene rings is 2. The van der Waals surface area contributed by atoms with Gasteiger partial charge >= 0.3 is 0 Å². The molecule has 47 heavy (non-hydrogen) atoms. The molecule has 3 atom stereocenters. The number of sulfonamides is 1. The van der Waals surface area contributed by atoms with Crippen molar-refractivity contribution in [2.24, 2.45) is 5.41 Å². The van der Waals surface area contributed by atoms with Crippen molar-refractivity contribution in [3.8, 4) is 17.0 Å². The first-order chi connectivity index (χ1) is 22.6. The number of nitrogens with one attached hydrogen (secondary N) is 1. The number of amides is 2. The second-order valence-electron chi connectivity index (χ2n) is 14.9. The Morgan fingerprint density at radius 3 is 2.55 bits per heavy atom. The average Bonchev–Trinajstić information content (AvgIpc) is 3.49. The molecule has 2 aliphatic carbocycles. The fourth-order valence-corrected chi connectivity index (χ4v) is 9.83. The standard InChI is InChI=1S/C37H46N4O5S/c1-23(2)47(44,45)38-35(42)25-11-13-29-32(18-25)41-22-37(36(43)40-17-16-39-15-7-10-26(39)21-40)20-31(37)30-19-27(46-3)12-14-28(30)34(41)33(29)24-8-5-4-6-9-24/h11-14,18-19,23-24,26,31H,4-10,15-17,20-22H2,1-3H3,(H,38,42). The average molecular weight is 659 g/mol. The number of methoxy groups -OCH3 is 1.